The van der Waals surface area contributed by atoms with E-state index in [4.69, 9.17) is 3.90 Å². The zero-order valence-electron chi connectivity index (χ0n) is 2.17. The quantitative estimate of drug-likeness (QED) is 0.400. The van der Waals surface area contributed by atoms with Crippen LogP contribution in [0.1, 0.15) is 0 Å². The Kier molecular flexibility index (Phi) is 108. The molecule has 0 aliphatic rings. The summed E-state index contributed by atoms with van der Waals surface area (Å²) in [6.07, 6.45) is 0. The minimum absolute atomic E-state index is 0. The molecule has 4 heavy (non-hydrogen) atoms. The van der Waals surface area contributed by atoms with Crippen molar-refractivity contribution in [3.8, 4) is 0 Å². The van der Waals surface area contributed by atoms with Gasteiger partial charge in [-0.2, -0.15) is 0 Å². The Bertz CT molecular complexity index is 6.00. The second-order valence-electron chi connectivity index (χ2n) is 0. The topological polar surface area (TPSA) is 47.1 Å². The van der Waals surface area contributed by atoms with Gasteiger partial charge in [-0.05, 0) is 0 Å². The van der Waals surface area contributed by atoms with E-state index in [-0.39, 0.29) is 43.2 Å². The number of hydrogen-bond acceptors (Lipinski definition) is 2. The van der Waals surface area contributed by atoms with Crippen LogP contribution < -0.4 is 0 Å². The van der Waals surface area contributed by atoms with Crippen molar-refractivity contribution >= 4 is 37.7 Å². The second kappa shape index (κ2) is 24.3. The van der Waals surface area contributed by atoms with E-state index in [2.05, 4.69) is 15.4 Å². The van der Waals surface area contributed by atoms with Crippen molar-refractivity contribution in [1.82, 2.24) is 0 Å². The van der Waals surface area contributed by atoms with E-state index in [1.807, 2.05) is 0 Å². The van der Waals surface area contributed by atoms with E-state index in [9.17, 15) is 0 Å². The average Bonchev–Trinajstić information content (AvgIpc) is 1.00. The van der Waals surface area contributed by atoms with Crippen LogP contribution in [-0.2, 0) is 19.3 Å². The van der Waals surface area contributed by atoms with Crippen molar-refractivity contribution in [2.75, 3.05) is 0 Å². The van der Waals surface area contributed by atoms with E-state index in [0.717, 1.165) is 0 Å². The molecule has 0 radical (unpaired) electrons. The van der Waals surface area contributed by atoms with Crippen molar-refractivity contribution in [1.29, 1.82) is 0 Å². The first-order valence-electron chi connectivity index (χ1n) is 0.129. The monoisotopic (exact) mass is 132 g/mol. The van der Waals surface area contributed by atoms with Gasteiger partial charge in [-0.1, -0.05) is 0 Å². The van der Waals surface area contributed by atoms with Gasteiger partial charge in [0.05, 0.1) is 0 Å². The fraction of sp³-hybridized carbons (Fsp3) is 0. The normalized spacial score (nSPS) is 1.50. The molecule has 0 bridgehead atoms. The van der Waals surface area contributed by atoms with Gasteiger partial charge in [0.15, 0.2) is 0 Å². The van der Waals surface area contributed by atoms with E-state index in [1.165, 1.54) is 0 Å². The molecule has 0 aliphatic carbocycles. The maximum atomic E-state index is 7.88. The molecule has 0 unspecified atom stereocenters. The molecule has 0 aliphatic heterocycles. The number of hydrogen-bond donors (Lipinski definition) is 0. The van der Waals surface area contributed by atoms with Gasteiger partial charge >= 0.3 is 57.0 Å². The maximum absolute atomic E-state index is 7.88. The molecular weight excluding hydrogens is 131 g/mol. The van der Waals surface area contributed by atoms with Crippen LogP contribution in [0.2, 0.25) is 0 Å². The third-order valence-electron chi connectivity index (χ3n) is 0. The molecule has 0 saturated carbocycles. The standard InChI is InChI=1S/Ca.Ni.H2O.O.H/h;;1H2;;/q+1;;;;/p-1. The van der Waals surface area contributed by atoms with Crippen molar-refractivity contribution < 1.29 is 24.8 Å². The average molecular weight is 133 g/mol. The Morgan fingerprint density at radius 2 is 1.25 bits per heavy atom. The van der Waals surface area contributed by atoms with Gasteiger partial charge in [-0.15, -0.1) is 0 Å². The molecule has 0 fully saturated rings. The van der Waals surface area contributed by atoms with E-state index >= 15 is 0 Å². The predicted octanol–water partition coefficient (Wildman–Crippen LogP) is -0.947. The zero-order chi connectivity index (χ0) is 2.00. The molecule has 0 spiro atoms. The molecule has 2 nitrogen and oxygen atoms in total. The van der Waals surface area contributed by atoms with Crippen LogP contribution in [0, 0.1) is 0 Å². The summed E-state index contributed by atoms with van der Waals surface area (Å²) in [5.74, 6) is 0. The summed E-state index contributed by atoms with van der Waals surface area (Å²) >= 11 is 2.62. The second-order valence-corrected chi connectivity index (χ2v) is 0. The number of rotatable bonds is 0. The molecule has 0 saturated heterocycles. The molecule has 0 aromatic rings. The Morgan fingerprint density at radius 1 is 1.25 bits per heavy atom. The van der Waals surface area contributed by atoms with Crippen LogP contribution >= 0.6 is 0 Å². The Morgan fingerprint density at radius 3 is 1.25 bits per heavy atom. The van der Waals surface area contributed by atoms with Gasteiger partial charge in [0.1, 0.15) is 0 Å². The van der Waals surface area contributed by atoms with Crippen molar-refractivity contribution in [2.24, 2.45) is 0 Å². The van der Waals surface area contributed by atoms with E-state index in [0.29, 0.717) is 0 Å². The summed E-state index contributed by atoms with van der Waals surface area (Å²) in [6, 6.07) is 0. The fourth-order valence-corrected chi connectivity index (χ4v) is 0. The van der Waals surface area contributed by atoms with Crippen LogP contribution in [0.4, 0.5) is 0 Å². The molecule has 0 rings (SSSR count). The van der Waals surface area contributed by atoms with Gasteiger partial charge in [0.25, 0.3) is 0 Å². The third-order valence-corrected chi connectivity index (χ3v) is 0. The molecule has 0 aromatic carbocycles. The Balaban J connectivity index is -0.00000000500. The van der Waals surface area contributed by atoms with Crippen LogP contribution in [0.25, 0.3) is 0 Å². The van der Waals surface area contributed by atoms with Crippen LogP contribution in [0.3, 0.4) is 0 Å². The van der Waals surface area contributed by atoms with Gasteiger partial charge in [-0.3, -0.25) is 0 Å². The molecule has 1 N–H and O–H groups in total. The molecule has 0 amide bonds. The first-order chi connectivity index (χ1) is 1.00. The zero-order valence-corrected chi connectivity index (χ0v) is 6.28. The van der Waals surface area contributed by atoms with Gasteiger partial charge in [0, 0.05) is 0 Å². The summed E-state index contributed by atoms with van der Waals surface area (Å²) < 4.78 is 7.88. The predicted molar refractivity (Wildman–Crippen MR) is 9.77 cm³/mol. The summed E-state index contributed by atoms with van der Waals surface area (Å²) in [7, 11) is 0. The summed E-state index contributed by atoms with van der Waals surface area (Å²) in [6.45, 7) is 0. The van der Waals surface area contributed by atoms with Gasteiger partial charge in [0.2, 0.25) is 0 Å². The first-order valence-corrected chi connectivity index (χ1v) is 0.532. The van der Waals surface area contributed by atoms with E-state index < -0.39 is 0 Å². The van der Waals surface area contributed by atoms with Crippen LogP contribution in [0.5, 0.6) is 0 Å². The van der Waals surface area contributed by atoms with Crippen molar-refractivity contribution in [2.45, 2.75) is 0 Å². The Labute approximate surface area is 61.8 Å². The third kappa shape index (κ3) is 9.69. The minimum atomic E-state index is 0. The molecule has 0 aromatic heterocycles. The molecule has 26 valence electrons. The SMILES string of the molecule is [CaH+].[OH-].[O]=[Ni]. The molecule has 0 heterocycles. The van der Waals surface area contributed by atoms with Crippen LogP contribution in [0.15, 0.2) is 0 Å². The summed E-state index contributed by atoms with van der Waals surface area (Å²) in [5.41, 5.74) is 0. The van der Waals surface area contributed by atoms with Gasteiger partial charge < -0.3 is 5.48 Å². The summed E-state index contributed by atoms with van der Waals surface area (Å²) in [4.78, 5) is 0. The molecule has 0 atom stereocenters. The van der Waals surface area contributed by atoms with E-state index in [1.54, 1.807) is 0 Å². The fourth-order valence-electron chi connectivity index (χ4n) is 0. The van der Waals surface area contributed by atoms with Crippen LogP contribution in [-0.4, -0.2) is 43.2 Å². The first kappa shape index (κ1) is 17.8. The summed E-state index contributed by atoms with van der Waals surface area (Å²) in [5, 5.41) is 0. The van der Waals surface area contributed by atoms with Crippen molar-refractivity contribution in [3.05, 3.63) is 0 Å². The Hall–Kier alpha value is 1.51. The van der Waals surface area contributed by atoms with Gasteiger partial charge in [-0.25, -0.2) is 0 Å². The molecule has 4 heteroatoms. The molecular formula is H2CaNiO2. The van der Waals surface area contributed by atoms with Crippen molar-refractivity contribution in [3.63, 3.8) is 0 Å².